The first kappa shape index (κ1) is 14.8. The molecule has 102 valence electrons. The van der Waals surface area contributed by atoms with Crippen LogP contribution in [-0.4, -0.2) is 34.1 Å². The molecular weight excluding hydrogens is 264 g/mol. The predicted octanol–water partition coefficient (Wildman–Crippen LogP) is 1.11. The lowest BCUT2D eigenvalue weighted by Gasteiger charge is -2.09. The standard InChI is InChI=1S/C11H15F2NO3S/c1-14-7-8-5-9(12)11(10(13)6-8)17-3-4-18(2,15)16/h5-6,14H,3-4,7H2,1-2H3. The van der Waals surface area contributed by atoms with Gasteiger partial charge in [0.1, 0.15) is 6.61 Å². The molecule has 1 rings (SSSR count). The number of hydrogen-bond acceptors (Lipinski definition) is 4. The molecule has 4 nitrogen and oxygen atoms in total. The van der Waals surface area contributed by atoms with Crippen LogP contribution in [-0.2, 0) is 16.4 Å². The van der Waals surface area contributed by atoms with Crippen LogP contribution in [0.5, 0.6) is 5.75 Å². The summed E-state index contributed by atoms with van der Waals surface area (Å²) in [4.78, 5) is 0. The van der Waals surface area contributed by atoms with Crippen molar-refractivity contribution < 1.29 is 21.9 Å². The van der Waals surface area contributed by atoms with E-state index in [1.54, 1.807) is 7.05 Å². The summed E-state index contributed by atoms with van der Waals surface area (Å²) in [6.07, 6.45) is 1.03. The topological polar surface area (TPSA) is 55.4 Å². The van der Waals surface area contributed by atoms with Crippen LogP contribution in [0.25, 0.3) is 0 Å². The van der Waals surface area contributed by atoms with E-state index >= 15 is 0 Å². The van der Waals surface area contributed by atoms with Crippen LogP contribution in [0.15, 0.2) is 12.1 Å². The van der Waals surface area contributed by atoms with Crippen LogP contribution in [0.3, 0.4) is 0 Å². The lowest BCUT2D eigenvalue weighted by Crippen LogP contribution is -2.14. The second kappa shape index (κ2) is 6.10. The van der Waals surface area contributed by atoms with Crippen molar-refractivity contribution in [2.45, 2.75) is 6.54 Å². The number of ether oxygens (including phenoxy) is 1. The van der Waals surface area contributed by atoms with Gasteiger partial charge in [0.25, 0.3) is 0 Å². The molecule has 1 aromatic carbocycles. The maximum absolute atomic E-state index is 13.5. The lowest BCUT2D eigenvalue weighted by atomic mass is 10.2. The van der Waals surface area contributed by atoms with E-state index in [2.05, 4.69) is 5.32 Å². The molecule has 0 amide bonds. The van der Waals surface area contributed by atoms with Gasteiger partial charge < -0.3 is 10.1 Å². The molecule has 0 saturated carbocycles. The van der Waals surface area contributed by atoms with Gasteiger partial charge in [0.2, 0.25) is 0 Å². The first-order valence-corrected chi connectivity index (χ1v) is 7.32. The first-order valence-electron chi connectivity index (χ1n) is 5.26. The van der Waals surface area contributed by atoms with Crippen molar-refractivity contribution in [2.24, 2.45) is 0 Å². The summed E-state index contributed by atoms with van der Waals surface area (Å²) in [6.45, 7) is 0.0511. The number of sulfone groups is 1. The van der Waals surface area contributed by atoms with Crippen LogP contribution >= 0.6 is 0 Å². The molecular formula is C11H15F2NO3S. The van der Waals surface area contributed by atoms with Crippen LogP contribution in [0, 0.1) is 11.6 Å². The quantitative estimate of drug-likeness (QED) is 0.847. The molecule has 0 unspecified atom stereocenters. The summed E-state index contributed by atoms with van der Waals surface area (Å²) >= 11 is 0. The van der Waals surface area contributed by atoms with Crippen LogP contribution in [0.1, 0.15) is 5.56 Å². The number of halogens is 2. The fourth-order valence-electron chi connectivity index (χ4n) is 1.35. The van der Waals surface area contributed by atoms with Gasteiger partial charge in [-0.3, -0.25) is 0 Å². The number of hydrogen-bond donors (Lipinski definition) is 1. The zero-order chi connectivity index (χ0) is 13.8. The summed E-state index contributed by atoms with van der Waals surface area (Å²) in [5, 5.41) is 2.77. The molecule has 0 fully saturated rings. The Morgan fingerprint density at radius 2 is 1.83 bits per heavy atom. The summed E-state index contributed by atoms with van der Waals surface area (Å²) in [7, 11) is -1.56. The largest absolute Gasteiger partial charge is 0.487 e. The molecule has 18 heavy (non-hydrogen) atoms. The zero-order valence-electron chi connectivity index (χ0n) is 10.2. The third-order valence-electron chi connectivity index (χ3n) is 2.14. The van der Waals surface area contributed by atoms with Gasteiger partial charge in [0.15, 0.2) is 27.2 Å². The number of benzene rings is 1. The minimum Gasteiger partial charge on any atom is -0.487 e. The smallest absolute Gasteiger partial charge is 0.190 e. The van der Waals surface area contributed by atoms with Crippen molar-refractivity contribution in [1.29, 1.82) is 0 Å². The van der Waals surface area contributed by atoms with E-state index in [0.717, 1.165) is 18.4 Å². The SMILES string of the molecule is CNCc1cc(F)c(OCCS(C)(=O)=O)c(F)c1. The molecule has 0 saturated heterocycles. The molecule has 0 radical (unpaired) electrons. The van der Waals surface area contributed by atoms with Crippen molar-refractivity contribution in [3.8, 4) is 5.75 Å². The third-order valence-corrected chi connectivity index (χ3v) is 3.05. The fourth-order valence-corrected chi connectivity index (χ4v) is 1.74. The van der Waals surface area contributed by atoms with Gasteiger partial charge >= 0.3 is 0 Å². The molecule has 1 N–H and O–H groups in total. The highest BCUT2D eigenvalue weighted by molar-refractivity contribution is 7.90. The lowest BCUT2D eigenvalue weighted by molar-refractivity contribution is 0.303. The monoisotopic (exact) mass is 279 g/mol. The molecule has 0 aliphatic rings. The van der Waals surface area contributed by atoms with Gasteiger partial charge in [0, 0.05) is 12.8 Å². The third kappa shape index (κ3) is 4.58. The second-order valence-corrected chi connectivity index (χ2v) is 6.16. The summed E-state index contributed by atoms with van der Waals surface area (Å²) < 4.78 is 53.6. The maximum Gasteiger partial charge on any atom is 0.190 e. The molecule has 7 heteroatoms. The van der Waals surface area contributed by atoms with E-state index in [-0.39, 0.29) is 12.4 Å². The van der Waals surface area contributed by atoms with Crippen molar-refractivity contribution in [3.05, 3.63) is 29.3 Å². The average Bonchev–Trinajstić information content (AvgIpc) is 2.21. The Bertz CT molecular complexity index is 494. The highest BCUT2D eigenvalue weighted by atomic mass is 32.2. The van der Waals surface area contributed by atoms with Gasteiger partial charge in [-0.25, -0.2) is 17.2 Å². The Morgan fingerprint density at radius 3 is 2.28 bits per heavy atom. The molecule has 0 aliphatic carbocycles. The van der Waals surface area contributed by atoms with Crippen molar-refractivity contribution in [3.63, 3.8) is 0 Å². The van der Waals surface area contributed by atoms with Gasteiger partial charge in [0.05, 0.1) is 5.75 Å². The van der Waals surface area contributed by atoms with Gasteiger partial charge in [-0.05, 0) is 24.7 Å². The minimum absolute atomic E-state index is 0.280. The van der Waals surface area contributed by atoms with Crippen molar-refractivity contribution >= 4 is 9.84 Å². The normalized spacial score (nSPS) is 11.6. The number of nitrogens with one attached hydrogen (secondary N) is 1. The van der Waals surface area contributed by atoms with Crippen molar-refractivity contribution in [1.82, 2.24) is 5.32 Å². The Labute approximate surface area is 105 Å². The fraction of sp³-hybridized carbons (Fsp3) is 0.455. The minimum atomic E-state index is -3.22. The Hall–Kier alpha value is -1.21. The van der Waals surface area contributed by atoms with E-state index in [4.69, 9.17) is 4.74 Å². The van der Waals surface area contributed by atoms with Crippen LogP contribution in [0.2, 0.25) is 0 Å². The second-order valence-electron chi connectivity index (χ2n) is 3.90. The molecule has 0 aromatic heterocycles. The summed E-state index contributed by atoms with van der Waals surface area (Å²) in [5.74, 6) is -2.51. The summed E-state index contributed by atoms with van der Waals surface area (Å²) in [6, 6.07) is 2.30. The molecule has 1 aromatic rings. The molecule has 0 atom stereocenters. The Kier molecular flexibility index (Phi) is 5.03. The highest BCUT2D eigenvalue weighted by Crippen LogP contribution is 2.23. The van der Waals surface area contributed by atoms with E-state index < -0.39 is 27.2 Å². The highest BCUT2D eigenvalue weighted by Gasteiger charge is 2.13. The van der Waals surface area contributed by atoms with Crippen LogP contribution < -0.4 is 10.1 Å². The van der Waals surface area contributed by atoms with E-state index in [0.29, 0.717) is 12.1 Å². The molecule has 0 heterocycles. The molecule has 0 spiro atoms. The maximum atomic E-state index is 13.5. The summed E-state index contributed by atoms with van der Waals surface area (Å²) in [5.41, 5.74) is 0.447. The van der Waals surface area contributed by atoms with E-state index in [1.165, 1.54) is 0 Å². The van der Waals surface area contributed by atoms with Gasteiger partial charge in [-0.1, -0.05) is 0 Å². The van der Waals surface area contributed by atoms with Gasteiger partial charge in [-0.15, -0.1) is 0 Å². The van der Waals surface area contributed by atoms with Crippen LogP contribution in [0.4, 0.5) is 8.78 Å². The predicted molar refractivity (Wildman–Crippen MR) is 64.3 cm³/mol. The molecule has 0 aliphatic heterocycles. The zero-order valence-corrected chi connectivity index (χ0v) is 11.0. The average molecular weight is 279 g/mol. The Morgan fingerprint density at radius 1 is 1.28 bits per heavy atom. The van der Waals surface area contributed by atoms with E-state index in [1.807, 2.05) is 0 Å². The van der Waals surface area contributed by atoms with Crippen molar-refractivity contribution in [2.75, 3.05) is 25.7 Å². The molecule has 0 bridgehead atoms. The first-order chi connectivity index (χ1) is 8.33. The Balaban J connectivity index is 2.77. The van der Waals surface area contributed by atoms with Gasteiger partial charge in [-0.2, -0.15) is 0 Å². The number of rotatable bonds is 6. The van der Waals surface area contributed by atoms with E-state index in [9.17, 15) is 17.2 Å².